The van der Waals surface area contributed by atoms with Crippen molar-refractivity contribution in [3.8, 4) is 0 Å². The van der Waals surface area contributed by atoms with Crippen LogP contribution in [0.5, 0.6) is 0 Å². The standard InChI is InChI=1S/C10H10N8O/c1-5(9-14-17-18-15-9)11-10(19)6-2-3-7-8(4-6)13-16-12-7/h2-5H,1H3,(H,11,19)(H,12,13,16)(H,14,15,17,18). The number of H-pyrrole nitrogens is 2. The van der Waals surface area contributed by atoms with E-state index in [0.717, 1.165) is 0 Å². The van der Waals surface area contributed by atoms with Crippen LogP contribution in [0, 0.1) is 0 Å². The number of amides is 1. The number of carbonyl (C=O) groups is 1. The number of tetrazole rings is 1. The Labute approximate surface area is 106 Å². The molecule has 0 saturated heterocycles. The van der Waals surface area contributed by atoms with Crippen molar-refractivity contribution in [2.75, 3.05) is 0 Å². The van der Waals surface area contributed by atoms with Crippen LogP contribution >= 0.6 is 0 Å². The van der Waals surface area contributed by atoms with Gasteiger partial charge in [-0.15, -0.1) is 10.2 Å². The highest BCUT2D eigenvalue weighted by molar-refractivity contribution is 5.97. The second kappa shape index (κ2) is 4.44. The van der Waals surface area contributed by atoms with Crippen molar-refractivity contribution in [3.63, 3.8) is 0 Å². The number of nitrogens with one attached hydrogen (secondary N) is 3. The van der Waals surface area contributed by atoms with Gasteiger partial charge >= 0.3 is 0 Å². The van der Waals surface area contributed by atoms with Crippen LogP contribution in [0.1, 0.15) is 29.1 Å². The molecule has 1 aromatic carbocycles. The van der Waals surface area contributed by atoms with Gasteiger partial charge in [0.1, 0.15) is 11.0 Å². The van der Waals surface area contributed by atoms with E-state index in [4.69, 9.17) is 0 Å². The van der Waals surface area contributed by atoms with Gasteiger partial charge in [-0.1, -0.05) is 5.21 Å². The highest BCUT2D eigenvalue weighted by Gasteiger charge is 2.15. The molecule has 3 rings (SSSR count). The summed E-state index contributed by atoms with van der Waals surface area (Å²) in [6.07, 6.45) is 0. The number of benzene rings is 1. The monoisotopic (exact) mass is 258 g/mol. The summed E-state index contributed by atoms with van der Waals surface area (Å²) in [5, 5.41) is 26.5. The van der Waals surface area contributed by atoms with Gasteiger partial charge in [-0.3, -0.25) is 4.79 Å². The Hall–Kier alpha value is -2.84. The molecule has 96 valence electrons. The molecule has 1 amide bonds. The van der Waals surface area contributed by atoms with Gasteiger partial charge in [-0.25, -0.2) is 0 Å². The van der Waals surface area contributed by atoms with Crippen LogP contribution in [-0.4, -0.2) is 41.9 Å². The molecule has 0 aliphatic rings. The quantitative estimate of drug-likeness (QED) is 0.605. The van der Waals surface area contributed by atoms with Gasteiger partial charge in [0.05, 0.1) is 6.04 Å². The molecule has 19 heavy (non-hydrogen) atoms. The van der Waals surface area contributed by atoms with Crippen molar-refractivity contribution >= 4 is 16.9 Å². The minimum atomic E-state index is -0.334. The molecule has 0 fully saturated rings. The summed E-state index contributed by atoms with van der Waals surface area (Å²) in [6, 6.07) is 4.74. The number of fused-ring (bicyclic) bond motifs is 1. The molecule has 3 aromatic rings. The summed E-state index contributed by atoms with van der Waals surface area (Å²) in [7, 11) is 0. The topological polar surface area (TPSA) is 125 Å². The third-order valence-corrected chi connectivity index (χ3v) is 2.68. The molecule has 2 aromatic heterocycles. The number of nitrogens with zero attached hydrogens (tertiary/aromatic N) is 5. The van der Waals surface area contributed by atoms with Crippen LogP contribution in [0.4, 0.5) is 0 Å². The molecule has 0 aliphatic heterocycles. The molecule has 0 radical (unpaired) electrons. The summed E-state index contributed by atoms with van der Waals surface area (Å²) in [5.74, 6) is 0.193. The lowest BCUT2D eigenvalue weighted by Crippen LogP contribution is -2.27. The largest absolute Gasteiger partial charge is 0.342 e. The zero-order valence-electron chi connectivity index (χ0n) is 9.95. The maximum atomic E-state index is 12.1. The molecule has 0 aliphatic carbocycles. The fourth-order valence-corrected chi connectivity index (χ4v) is 1.68. The molecule has 0 saturated carbocycles. The Morgan fingerprint density at radius 3 is 2.84 bits per heavy atom. The van der Waals surface area contributed by atoms with E-state index in [9.17, 15) is 4.79 Å². The first kappa shape index (κ1) is 11.3. The molecular formula is C10H10N8O. The lowest BCUT2D eigenvalue weighted by molar-refractivity contribution is 0.0938. The maximum absolute atomic E-state index is 12.1. The number of rotatable bonds is 3. The molecule has 1 unspecified atom stereocenters. The minimum absolute atomic E-state index is 0.234. The number of hydrogen-bond acceptors (Lipinski definition) is 6. The first-order chi connectivity index (χ1) is 9.24. The normalized spacial score (nSPS) is 12.5. The van der Waals surface area contributed by atoms with Gasteiger partial charge in [-0.2, -0.15) is 20.6 Å². The maximum Gasteiger partial charge on any atom is 0.251 e. The van der Waals surface area contributed by atoms with Gasteiger partial charge in [0.15, 0.2) is 5.82 Å². The summed E-state index contributed by atoms with van der Waals surface area (Å²) in [5.41, 5.74) is 1.85. The van der Waals surface area contributed by atoms with Crippen LogP contribution in [-0.2, 0) is 0 Å². The first-order valence-corrected chi connectivity index (χ1v) is 5.59. The SMILES string of the molecule is CC(NC(=O)c1ccc2n[nH]nc2c1)c1nn[nH]n1. The van der Waals surface area contributed by atoms with Gasteiger partial charge in [-0.05, 0) is 25.1 Å². The van der Waals surface area contributed by atoms with E-state index < -0.39 is 0 Å². The van der Waals surface area contributed by atoms with Crippen molar-refractivity contribution in [1.29, 1.82) is 0 Å². The van der Waals surface area contributed by atoms with Gasteiger partial charge in [0.2, 0.25) is 0 Å². The fourth-order valence-electron chi connectivity index (χ4n) is 1.68. The Balaban J connectivity index is 1.79. The fraction of sp³-hybridized carbons (Fsp3) is 0.200. The molecule has 0 bridgehead atoms. The zero-order chi connectivity index (χ0) is 13.2. The summed E-state index contributed by atoms with van der Waals surface area (Å²) < 4.78 is 0. The van der Waals surface area contributed by atoms with Crippen molar-refractivity contribution in [2.24, 2.45) is 0 Å². The summed E-state index contributed by atoms with van der Waals surface area (Å²) in [4.78, 5) is 12.1. The lowest BCUT2D eigenvalue weighted by Gasteiger charge is -2.09. The number of carbonyl (C=O) groups excluding carboxylic acids is 1. The highest BCUT2D eigenvalue weighted by atomic mass is 16.1. The molecule has 3 N–H and O–H groups in total. The van der Waals surface area contributed by atoms with Crippen LogP contribution in [0.15, 0.2) is 18.2 Å². The van der Waals surface area contributed by atoms with Crippen molar-refractivity contribution in [2.45, 2.75) is 13.0 Å². The van der Waals surface area contributed by atoms with Crippen LogP contribution < -0.4 is 5.32 Å². The molecule has 2 heterocycles. The van der Waals surface area contributed by atoms with Crippen LogP contribution in [0.2, 0.25) is 0 Å². The number of aromatic nitrogens is 7. The molecule has 9 nitrogen and oxygen atoms in total. The first-order valence-electron chi connectivity index (χ1n) is 5.59. The summed E-state index contributed by atoms with van der Waals surface area (Å²) >= 11 is 0. The third-order valence-electron chi connectivity index (χ3n) is 2.68. The van der Waals surface area contributed by atoms with E-state index in [2.05, 4.69) is 41.4 Å². The molecule has 1 atom stereocenters. The van der Waals surface area contributed by atoms with Crippen molar-refractivity contribution in [3.05, 3.63) is 29.6 Å². The Morgan fingerprint density at radius 2 is 2.05 bits per heavy atom. The predicted octanol–water partition coefficient (Wildman–Crippen LogP) is -0.0380. The van der Waals surface area contributed by atoms with Crippen LogP contribution in [0.3, 0.4) is 0 Å². The van der Waals surface area contributed by atoms with Crippen LogP contribution in [0.25, 0.3) is 11.0 Å². The predicted molar refractivity (Wildman–Crippen MR) is 63.9 cm³/mol. The van der Waals surface area contributed by atoms with E-state index >= 15 is 0 Å². The lowest BCUT2D eigenvalue weighted by atomic mass is 10.1. The van der Waals surface area contributed by atoms with Gasteiger partial charge in [0.25, 0.3) is 5.91 Å². The molecule has 9 heteroatoms. The second-order valence-electron chi connectivity index (χ2n) is 3.99. The van der Waals surface area contributed by atoms with E-state index in [-0.39, 0.29) is 11.9 Å². The third kappa shape index (κ3) is 2.12. The zero-order valence-corrected chi connectivity index (χ0v) is 9.95. The van der Waals surface area contributed by atoms with Gasteiger partial charge in [0, 0.05) is 5.56 Å². The van der Waals surface area contributed by atoms with E-state index in [1.54, 1.807) is 25.1 Å². The molecule has 0 spiro atoms. The van der Waals surface area contributed by atoms with E-state index in [1.165, 1.54) is 0 Å². The average molecular weight is 258 g/mol. The Morgan fingerprint density at radius 1 is 1.21 bits per heavy atom. The smallest absolute Gasteiger partial charge is 0.251 e. The number of aromatic amines is 2. The van der Waals surface area contributed by atoms with Crippen molar-refractivity contribution in [1.82, 2.24) is 41.4 Å². The van der Waals surface area contributed by atoms with E-state index in [0.29, 0.717) is 22.4 Å². The average Bonchev–Trinajstić information content (AvgIpc) is 3.09. The number of hydrogen-bond donors (Lipinski definition) is 3. The molecular weight excluding hydrogens is 248 g/mol. The summed E-state index contributed by atoms with van der Waals surface area (Å²) in [6.45, 7) is 1.78. The Bertz CT molecular complexity index is 703. The van der Waals surface area contributed by atoms with Crippen molar-refractivity contribution < 1.29 is 4.79 Å². The van der Waals surface area contributed by atoms with Gasteiger partial charge < -0.3 is 5.32 Å². The second-order valence-corrected chi connectivity index (χ2v) is 3.99. The van der Waals surface area contributed by atoms with E-state index in [1.807, 2.05) is 0 Å². The Kier molecular flexibility index (Phi) is 2.63. The minimum Gasteiger partial charge on any atom is -0.342 e. The highest BCUT2D eigenvalue weighted by Crippen LogP contribution is 2.12.